The molecule has 160 valence electrons. The van der Waals surface area contributed by atoms with E-state index in [4.69, 9.17) is 10.00 Å². The topological polar surface area (TPSA) is 104 Å². The zero-order chi connectivity index (χ0) is 22.1. The second-order valence-corrected chi connectivity index (χ2v) is 7.56. The summed E-state index contributed by atoms with van der Waals surface area (Å²) in [6.45, 7) is 0.707. The number of aromatic nitrogens is 3. The van der Waals surface area contributed by atoms with Crippen molar-refractivity contribution < 1.29 is 9.53 Å². The number of hydrogen-bond acceptors (Lipinski definition) is 6. The van der Waals surface area contributed by atoms with Crippen molar-refractivity contribution in [3.63, 3.8) is 0 Å². The standard InChI is InChI=1S/C22H23N5O3S/c1-30-19-11-6-5-10-18(19)26(14-7-13-23)20(28)16-31-22-25-24-21(29)27(22)15-12-17-8-3-2-4-9-17/h2-6,8-11H,7,12,14-16H2,1H3,(H,24,29). The van der Waals surface area contributed by atoms with Gasteiger partial charge in [0.15, 0.2) is 5.16 Å². The van der Waals surface area contributed by atoms with Gasteiger partial charge in [0.25, 0.3) is 0 Å². The minimum Gasteiger partial charge on any atom is -0.495 e. The van der Waals surface area contributed by atoms with E-state index in [0.717, 1.165) is 5.56 Å². The van der Waals surface area contributed by atoms with Gasteiger partial charge >= 0.3 is 5.69 Å². The van der Waals surface area contributed by atoms with Crippen LogP contribution in [0.15, 0.2) is 64.5 Å². The fraction of sp³-hybridized carbons (Fsp3) is 0.273. The number of aromatic amines is 1. The monoisotopic (exact) mass is 437 g/mol. The maximum atomic E-state index is 13.0. The maximum absolute atomic E-state index is 13.0. The summed E-state index contributed by atoms with van der Waals surface area (Å²) in [7, 11) is 1.54. The van der Waals surface area contributed by atoms with Crippen LogP contribution >= 0.6 is 11.8 Å². The van der Waals surface area contributed by atoms with Gasteiger partial charge in [-0.3, -0.25) is 9.36 Å². The fourth-order valence-electron chi connectivity index (χ4n) is 3.09. The Balaban J connectivity index is 1.71. The Bertz CT molecular complexity index is 1100. The third-order valence-electron chi connectivity index (χ3n) is 4.64. The summed E-state index contributed by atoms with van der Waals surface area (Å²) in [5, 5.41) is 16.0. The molecule has 0 aliphatic carbocycles. The molecule has 0 aliphatic heterocycles. The lowest BCUT2D eigenvalue weighted by Crippen LogP contribution is -2.33. The van der Waals surface area contributed by atoms with Crippen LogP contribution in [0.25, 0.3) is 0 Å². The number of nitrogens with zero attached hydrogens (tertiary/aromatic N) is 4. The Morgan fingerprint density at radius 1 is 1.23 bits per heavy atom. The second-order valence-electron chi connectivity index (χ2n) is 6.61. The summed E-state index contributed by atoms with van der Waals surface area (Å²) in [4.78, 5) is 26.7. The summed E-state index contributed by atoms with van der Waals surface area (Å²) in [5.74, 6) is 0.423. The number of benzene rings is 2. The number of carbonyl (C=O) groups excluding carboxylic acids is 1. The van der Waals surface area contributed by atoms with Gasteiger partial charge in [0.05, 0.1) is 31.0 Å². The molecule has 3 aromatic rings. The third-order valence-corrected chi connectivity index (χ3v) is 5.60. The summed E-state index contributed by atoms with van der Waals surface area (Å²) in [6.07, 6.45) is 0.871. The first-order chi connectivity index (χ1) is 15.1. The molecule has 0 unspecified atom stereocenters. The van der Waals surface area contributed by atoms with E-state index < -0.39 is 0 Å². The second kappa shape index (κ2) is 11.0. The van der Waals surface area contributed by atoms with E-state index in [-0.39, 0.29) is 30.3 Å². The molecule has 1 N–H and O–H groups in total. The number of hydrogen-bond donors (Lipinski definition) is 1. The van der Waals surface area contributed by atoms with Crippen molar-refractivity contribution in [3.8, 4) is 11.8 Å². The molecule has 1 amide bonds. The number of ether oxygens (including phenoxy) is 1. The van der Waals surface area contributed by atoms with Gasteiger partial charge in [-0.05, 0) is 24.1 Å². The van der Waals surface area contributed by atoms with Gasteiger partial charge in [-0.2, -0.15) is 5.26 Å². The molecule has 0 fully saturated rings. The van der Waals surface area contributed by atoms with Crippen molar-refractivity contribution in [1.82, 2.24) is 14.8 Å². The minimum absolute atomic E-state index is 0.0686. The molecular weight excluding hydrogens is 414 g/mol. The SMILES string of the molecule is COc1ccccc1N(CCC#N)C(=O)CSc1n[nH]c(=O)n1CCc1ccccc1. The molecule has 0 aliphatic rings. The van der Waals surface area contributed by atoms with Crippen molar-refractivity contribution >= 4 is 23.4 Å². The van der Waals surface area contributed by atoms with Crippen molar-refractivity contribution in [2.24, 2.45) is 0 Å². The highest BCUT2D eigenvalue weighted by atomic mass is 32.2. The predicted molar refractivity (Wildman–Crippen MR) is 119 cm³/mol. The van der Waals surface area contributed by atoms with E-state index in [0.29, 0.717) is 29.6 Å². The van der Waals surface area contributed by atoms with E-state index in [9.17, 15) is 9.59 Å². The quantitative estimate of drug-likeness (QED) is 0.489. The average molecular weight is 438 g/mol. The van der Waals surface area contributed by atoms with E-state index in [1.807, 2.05) is 42.5 Å². The molecular formula is C22H23N5O3S. The number of methoxy groups -OCH3 is 1. The Morgan fingerprint density at radius 3 is 2.71 bits per heavy atom. The van der Waals surface area contributed by atoms with Crippen LogP contribution in [0, 0.1) is 11.3 Å². The number of thioether (sulfide) groups is 1. The van der Waals surface area contributed by atoms with E-state index >= 15 is 0 Å². The highest BCUT2D eigenvalue weighted by Gasteiger charge is 2.20. The van der Waals surface area contributed by atoms with Gasteiger partial charge < -0.3 is 9.64 Å². The molecule has 0 saturated heterocycles. The van der Waals surface area contributed by atoms with Gasteiger partial charge in [0.1, 0.15) is 5.75 Å². The number of nitriles is 1. The largest absolute Gasteiger partial charge is 0.495 e. The lowest BCUT2D eigenvalue weighted by atomic mass is 10.1. The maximum Gasteiger partial charge on any atom is 0.343 e. The number of H-pyrrole nitrogens is 1. The Hall–Kier alpha value is -3.51. The summed E-state index contributed by atoms with van der Waals surface area (Å²) in [5.41, 5.74) is 1.41. The molecule has 8 nitrogen and oxygen atoms in total. The molecule has 9 heteroatoms. The number of amides is 1. The van der Waals surface area contributed by atoms with Crippen LogP contribution in [0.5, 0.6) is 5.75 Å². The Morgan fingerprint density at radius 2 is 1.97 bits per heavy atom. The van der Waals surface area contributed by atoms with Crippen LogP contribution in [-0.4, -0.2) is 40.1 Å². The highest BCUT2D eigenvalue weighted by molar-refractivity contribution is 7.99. The van der Waals surface area contributed by atoms with Crippen LogP contribution in [0.2, 0.25) is 0 Å². The zero-order valence-corrected chi connectivity index (χ0v) is 18.0. The third kappa shape index (κ3) is 5.77. The number of carbonyl (C=O) groups is 1. The van der Waals surface area contributed by atoms with Crippen molar-refractivity contribution in [2.45, 2.75) is 24.5 Å². The van der Waals surface area contributed by atoms with Crippen LogP contribution in [-0.2, 0) is 17.8 Å². The lowest BCUT2D eigenvalue weighted by Gasteiger charge is -2.23. The molecule has 2 aromatic carbocycles. The minimum atomic E-state index is -0.308. The van der Waals surface area contributed by atoms with Crippen LogP contribution < -0.4 is 15.3 Å². The van der Waals surface area contributed by atoms with Gasteiger partial charge in [0.2, 0.25) is 5.91 Å². The molecule has 0 saturated carbocycles. The Labute approximate surface area is 184 Å². The average Bonchev–Trinajstić information content (AvgIpc) is 3.16. The number of nitrogens with one attached hydrogen (secondary N) is 1. The first-order valence-electron chi connectivity index (χ1n) is 9.76. The fourth-order valence-corrected chi connectivity index (χ4v) is 3.94. The summed E-state index contributed by atoms with van der Waals surface area (Å²) in [6, 6.07) is 19.1. The molecule has 0 bridgehead atoms. The van der Waals surface area contributed by atoms with Gasteiger partial charge in [-0.1, -0.05) is 54.2 Å². The molecule has 1 heterocycles. The van der Waals surface area contributed by atoms with Crippen molar-refractivity contribution in [1.29, 1.82) is 5.26 Å². The van der Waals surface area contributed by atoms with Crippen LogP contribution in [0.4, 0.5) is 5.69 Å². The van der Waals surface area contributed by atoms with Gasteiger partial charge in [-0.15, -0.1) is 5.10 Å². The molecule has 3 rings (SSSR count). The summed E-state index contributed by atoms with van der Waals surface area (Å²) < 4.78 is 6.90. The smallest absolute Gasteiger partial charge is 0.343 e. The van der Waals surface area contributed by atoms with Gasteiger partial charge in [0, 0.05) is 13.1 Å². The van der Waals surface area contributed by atoms with Gasteiger partial charge in [-0.25, -0.2) is 9.89 Å². The number of para-hydroxylation sites is 2. The van der Waals surface area contributed by atoms with Crippen molar-refractivity contribution in [2.75, 3.05) is 24.3 Å². The molecule has 31 heavy (non-hydrogen) atoms. The zero-order valence-electron chi connectivity index (χ0n) is 17.2. The van der Waals surface area contributed by atoms with E-state index in [1.54, 1.807) is 12.1 Å². The number of aryl methyl sites for hydroxylation is 1. The number of rotatable bonds is 10. The highest BCUT2D eigenvalue weighted by Crippen LogP contribution is 2.29. The van der Waals surface area contributed by atoms with E-state index in [1.165, 1.54) is 28.3 Å². The lowest BCUT2D eigenvalue weighted by molar-refractivity contribution is -0.116. The number of anilines is 1. The molecule has 1 aromatic heterocycles. The van der Waals surface area contributed by atoms with Crippen LogP contribution in [0.3, 0.4) is 0 Å². The van der Waals surface area contributed by atoms with Crippen LogP contribution in [0.1, 0.15) is 12.0 Å². The first-order valence-corrected chi connectivity index (χ1v) is 10.7. The summed E-state index contributed by atoms with van der Waals surface area (Å²) >= 11 is 1.19. The molecule has 0 spiro atoms. The first kappa shape index (κ1) is 22.2. The van der Waals surface area contributed by atoms with E-state index in [2.05, 4.69) is 16.3 Å². The molecule has 0 radical (unpaired) electrons. The molecule has 0 atom stereocenters. The Kier molecular flexibility index (Phi) is 7.90. The predicted octanol–water partition coefficient (Wildman–Crippen LogP) is 2.86. The normalized spacial score (nSPS) is 10.5. The van der Waals surface area contributed by atoms with Crippen molar-refractivity contribution in [3.05, 3.63) is 70.6 Å².